The molecule has 1 heterocycles. The molecule has 0 fully saturated rings. The van der Waals surface area contributed by atoms with E-state index in [-0.39, 0.29) is 17.3 Å². The Bertz CT molecular complexity index is 1570. The normalized spacial score (nSPS) is 12.7. The van der Waals surface area contributed by atoms with Crippen molar-refractivity contribution in [2.45, 2.75) is 58.2 Å². The molecule has 0 aliphatic carbocycles. The van der Waals surface area contributed by atoms with Crippen molar-refractivity contribution < 1.29 is 28.7 Å². The number of benzene rings is 3. The van der Waals surface area contributed by atoms with Gasteiger partial charge in [0.1, 0.15) is 22.3 Å². The maximum Gasteiger partial charge on any atom is 0.412 e. The zero-order valence-corrected chi connectivity index (χ0v) is 28.1. The summed E-state index contributed by atoms with van der Waals surface area (Å²) in [5, 5.41) is 19.2. The van der Waals surface area contributed by atoms with Gasteiger partial charge in [-0.2, -0.15) is 0 Å². The van der Waals surface area contributed by atoms with Gasteiger partial charge in [-0.3, -0.25) is 10.1 Å². The highest BCUT2D eigenvalue weighted by molar-refractivity contribution is 7.13. The van der Waals surface area contributed by atoms with Gasteiger partial charge in [0.05, 0.1) is 6.61 Å². The quantitative estimate of drug-likeness (QED) is 0.183. The molecule has 0 radical (unpaired) electrons. The van der Waals surface area contributed by atoms with Crippen LogP contribution in [0.5, 0.6) is 0 Å². The van der Waals surface area contributed by atoms with Crippen LogP contribution in [0.25, 0.3) is 10.6 Å². The molecule has 0 saturated carbocycles. The molecule has 0 bridgehead atoms. The van der Waals surface area contributed by atoms with Gasteiger partial charge in [-0.05, 0) is 60.4 Å². The lowest BCUT2D eigenvalue weighted by molar-refractivity contribution is -0.140. The number of carbonyl (C=O) groups excluding carboxylic acids is 2. The van der Waals surface area contributed by atoms with Gasteiger partial charge in [0, 0.05) is 16.6 Å². The maximum absolute atomic E-state index is 13.2. The Labute approximate surface area is 268 Å². The van der Waals surface area contributed by atoms with Crippen LogP contribution in [0.2, 0.25) is 5.04 Å². The van der Waals surface area contributed by atoms with E-state index in [1.165, 1.54) is 11.3 Å². The Hall–Kier alpha value is -4.32. The lowest BCUT2D eigenvalue weighted by atomic mass is 10.2. The zero-order chi connectivity index (χ0) is 32.8. The number of aromatic nitrogens is 1. The molecule has 4 aromatic rings. The Morgan fingerprint density at radius 2 is 1.42 bits per heavy atom. The average Bonchev–Trinajstić information content (AvgIpc) is 3.47. The van der Waals surface area contributed by atoms with Crippen LogP contribution in [-0.4, -0.2) is 54.6 Å². The predicted molar refractivity (Wildman–Crippen MR) is 180 cm³/mol. The lowest BCUT2D eigenvalue weighted by Gasteiger charge is -2.43. The molecule has 3 aromatic carbocycles. The molecule has 3 N–H and O–H groups in total. The van der Waals surface area contributed by atoms with E-state index in [0.29, 0.717) is 10.7 Å². The molecular formula is C34H39N3O6SSi. The molecule has 4 rings (SSSR count). The summed E-state index contributed by atoms with van der Waals surface area (Å²) in [7, 11) is -3.02. The molecule has 0 aliphatic heterocycles. The molecule has 1 aromatic heterocycles. The maximum atomic E-state index is 13.2. The smallest absolute Gasteiger partial charge is 0.412 e. The highest BCUT2D eigenvalue weighted by Gasteiger charge is 2.50. The first-order chi connectivity index (χ1) is 21.2. The van der Waals surface area contributed by atoms with Gasteiger partial charge in [0.15, 0.2) is 0 Å². The van der Waals surface area contributed by atoms with Gasteiger partial charge in [0.2, 0.25) is 0 Å². The standard InChI is InChI=1S/C34H39N3O6SSi/c1-33(2,3)43-32(41)35-24-19-17-23(18-20-24)30-37-28(22-44-30)29(38)36-27(31(39)40)21-42-45(34(4,5)6,25-13-9-7-10-14-25)26-15-11-8-12-16-26/h7-20,22,27H,21H2,1-6H3,(H,35,41)(H,36,38)(H,39,40)/t27-/m0/s1. The molecule has 2 amide bonds. The predicted octanol–water partition coefficient (Wildman–Crippen LogP) is 5.92. The Morgan fingerprint density at radius 3 is 1.91 bits per heavy atom. The number of nitrogens with one attached hydrogen (secondary N) is 2. The Morgan fingerprint density at radius 1 is 0.867 bits per heavy atom. The minimum Gasteiger partial charge on any atom is -0.480 e. The fraction of sp³-hybridized carbons (Fsp3) is 0.294. The average molecular weight is 646 g/mol. The number of carboxylic acid groups (broad SMARTS) is 1. The number of aliphatic carboxylic acids is 1. The van der Waals surface area contributed by atoms with Gasteiger partial charge in [-0.1, -0.05) is 81.4 Å². The lowest BCUT2D eigenvalue weighted by Crippen LogP contribution is -2.67. The largest absolute Gasteiger partial charge is 0.480 e. The molecule has 9 nitrogen and oxygen atoms in total. The summed E-state index contributed by atoms with van der Waals surface area (Å²) in [6.45, 7) is 11.4. The number of ether oxygens (including phenoxy) is 1. The number of hydrogen-bond acceptors (Lipinski definition) is 7. The third-order valence-electron chi connectivity index (χ3n) is 7.00. The van der Waals surface area contributed by atoms with Crippen LogP contribution in [-0.2, 0) is 14.0 Å². The fourth-order valence-corrected chi connectivity index (χ4v) is 10.4. The SMILES string of the molecule is CC(C)(C)OC(=O)Nc1ccc(-c2nc(C(=O)N[C@@H](CO[Si](c3ccccc3)(c3ccccc3)C(C)(C)C)C(=O)O)cs2)cc1. The number of nitrogens with zero attached hydrogens (tertiary/aromatic N) is 1. The number of carboxylic acids is 1. The first-order valence-corrected chi connectivity index (χ1v) is 17.3. The van der Waals surface area contributed by atoms with Crippen molar-refractivity contribution >= 4 is 53.7 Å². The first kappa shape index (κ1) is 33.6. The summed E-state index contributed by atoms with van der Waals surface area (Å²) in [5.41, 5.74) is 0.767. The third-order valence-corrected chi connectivity index (χ3v) is 12.9. The van der Waals surface area contributed by atoms with Crippen LogP contribution in [0.3, 0.4) is 0 Å². The molecule has 1 atom stereocenters. The van der Waals surface area contributed by atoms with Crippen LogP contribution in [0.15, 0.2) is 90.3 Å². The second-order valence-electron chi connectivity index (χ2n) is 12.6. The zero-order valence-electron chi connectivity index (χ0n) is 26.3. The van der Waals surface area contributed by atoms with E-state index in [1.807, 2.05) is 60.7 Å². The van der Waals surface area contributed by atoms with Gasteiger partial charge in [0.25, 0.3) is 14.2 Å². The molecule has 0 spiro atoms. The summed E-state index contributed by atoms with van der Waals surface area (Å²) in [4.78, 5) is 42.1. The Balaban J connectivity index is 1.50. The minimum absolute atomic E-state index is 0.0997. The van der Waals surface area contributed by atoms with Crippen molar-refractivity contribution in [1.82, 2.24) is 10.3 Å². The molecule has 0 saturated heterocycles. The Kier molecular flexibility index (Phi) is 10.3. The summed E-state index contributed by atoms with van der Waals surface area (Å²) >= 11 is 1.25. The van der Waals surface area contributed by atoms with E-state index in [9.17, 15) is 19.5 Å². The highest BCUT2D eigenvalue weighted by Crippen LogP contribution is 2.37. The van der Waals surface area contributed by atoms with Gasteiger partial charge in [-0.15, -0.1) is 11.3 Å². The number of rotatable bonds is 10. The number of carbonyl (C=O) groups is 3. The van der Waals surface area contributed by atoms with Crippen molar-refractivity contribution in [3.05, 3.63) is 96.0 Å². The molecular weight excluding hydrogens is 607 g/mol. The van der Waals surface area contributed by atoms with Gasteiger partial charge in [-0.25, -0.2) is 14.6 Å². The van der Waals surface area contributed by atoms with E-state index < -0.39 is 37.9 Å². The van der Waals surface area contributed by atoms with E-state index in [2.05, 4.69) is 36.4 Å². The molecule has 0 aliphatic rings. The summed E-state index contributed by atoms with van der Waals surface area (Å²) in [6, 6.07) is 25.4. The monoisotopic (exact) mass is 645 g/mol. The highest BCUT2D eigenvalue weighted by atomic mass is 32.1. The number of thiazole rings is 1. The minimum atomic E-state index is -3.02. The van der Waals surface area contributed by atoms with E-state index in [1.54, 1.807) is 50.4 Å². The van der Waals surface area contributed by atoms with E-state index in [0.717, 1.165) is 15.9 Å². The number of hydrogen-bond donors (Lipinski definition) is 3. The molecule has 236 valence electrons. The van der Waals surface area contributed by atoms with Crippen molar-refractivity contribution in [3.63, 3.8) is 0 Å². The number of amides is 2. The van der Waals surface area contributed by atoms with Crippen LogP contribution in [0, 0.1) is 0 Å². The molecule has 0 unspecified atom stereocenters. The molecule has 45 heavy (non-hydrogen) atoms. The second kappa shape index (κ2) is 13.8. The topological polar surface area (TPSA) is 127 Å². The summed E-state index contributed by atoms with van der Waals surface area (Å²) < 4.78 is 12.0. The van der Waals surface area contributed by atoms with Gasteiger partial charge < -0.3 is 19.6 Å². The third kappa shape index (κ3) is 8.24. The van der Waals surface area contributed by atoms with Crippen molar-refractivity contribution in [2.24, 2.45) is 0 Å². The van der Waals surface area contributed by atoms with Crippen LogP contribution in [0.4, 0.5) is 10.5 Å². The van der Waals surface area contributed by atoms with Crippen molar-refractivity contribution in [1.29, 1.82) is 0 Å². The second-order valence-corrected chi connectivity index (χ2v) is 17.7. The van der Waals surface area contributed by atoms with E-state index in [4.69, 9.17) is 9.16 Å². The van der Waals surface area contributed by atoms with Crippen molar-refractivity contribution in [2.75, 3.05) is 11.9 Å². The van der Waals surface area contributed by atoms with E-state index >= 15 is 0 Å². The van der Waals surface area contributed by atoms with Crippen LogP contribution < -0.4 is 21.0 Å². The van der Waals surface area contributed by atoms with Crippen molar-refractivity contribution in [3.8, 4) is 10.6 Å². The van der Waals surface area contributed by atoms with Crippen LogP contribution >= 0.6 is 11.3 Å². The summed E-state index contributed by atoms with van der Waals surface area (Å²) in [5.74, 6) is -1.82. The molecule has 11 heteroatoms. The fourth-order valence-electron chi connectivity index (χ4n) is 5.01. The van der Waals surface area contributed by atoms with Gasteiger partial charge >= 0.3 is 12.1 Å². The summed E-state index contributed by atoms with van der Waals surface area (Å²) in [6.07, 6.45) is -0.560. The van der Waals surface area contributed by atoms with Crippen LogP contribution in [0.1, 0.15) is 52.0 Å². The first-order valence-electron chi connectivity index (χ1n) is 14.5. The number of anilines is 1.